The summed E-state index contributed by atoms with van der Waals surface area (Å²) >= 11 is 3.40. The molecule has 0 aliphatic heterocycles. The maximum atomic E-state index is 4.01. The third-order valence-electron chi connectivity index (χ3n) is 2.82. The molecule has 0 aliphatic carbocycles. The van der Waals surface area contributed by atoms with Gasteiger partial charge >= 0.3 is 0 Å². The van der Waals surface area contributed by atoms with Crippen LogP contribution in [0.4, 0.5) is 5.69 Å². The van der Waals surface area contributed by atoms with Crippen molar-refractivity contribution in [1.29, 1.82) is 0 Å². The van der Waals surface area contributed by atoms with Crippen molar-refractivity contribution < 1.29 is 0 Å². The molecule has 0 saturated carbocycles. The topological polar surface area (TPSA) is 55.6 Å². The Labute approximate surface area is 130 Å². The Kier molecular flexibility index (Phi) is 4.07. The number of hydrogen-bond donors (Lipinski definition) is 1. The predicted octanol–water partition coefficient (Wildman–Crippen LogP) is 3.51. The molecule has 3 aromatic rings. The van der Waals surface area contributed by atoms with E-state index in [1.807, 2.05) is 66.9 Å². The van der Waals surface area contributed by atoms with Gasteiger partial charge in [0.1, 0.15) is 0 Å². The molecule has 6 heteroatoms. The summed E-state index contributed by atoms with van der Waals surface area (Å²) in [5.41, 5.74) is 1.92. The zero-order valence-corrected chi connectivity index (χ0v) is 12.6. The van der Waals surface area contributed by atoms with Gasteiger partial charge in [0.2, 0.25) is 0 Å². The summed E-state index contributed by atoms with van der Waals surface area (Å²) in [4.78, 5) is 0. The van der Waals surface area contributed by atoms with Gasteiger partial charge in [-0.1, -0.05) is 34.1 Å². The molecule has 3 rings (SSSR count). The van der Waals surface area contributed by atoms with Crippen molar-refractivity contribution in [3.63, 3.8) is 0 Å². The second-order valence-corrected chi connectivity index (χ2v) is 5.18. The Hall–Kier alpha value is -2.47. The van der Waals surface area contributed by atoms with Crippen LogP contribution in [0.1, 0.15) is 5.82 Å². The lowest BCUT2D eigenvalue weighted by Gasteiger charge is -2.02. The normalized spacial score (nSPS) is 10.9. The number of benzene rings is 2. The first kappa shape index (κ1) is 13.5. The van der Waals surface area contributed by atoms with Crippen LogP contribution in [0.25, 0.3) is 11.8 Å². The van der Waals surface area contributed by atoms with Gasteiger partial charge in [-0.2, -0.15) is 4.68 Å². The third kappa shape index (κ3) is 3.35. The molecule has 0 saturated heterocycles. The molecule has 104 valence electrons. The molecule has 0 fully saturated rings. The Morgan fingerprint density at radius 3 is 2.52 bits per heavy atom. The molecule has 1 N–H and O–H groups in total. The van der Waals surface area contributed by atoms with Crippen LogP contribution in [0, 0.1) is 0 Å². The molecule has 0 bridgehead atoms. The molecule has 0 atom stereocenters. The average molecular weight is 342 g/mol. The molecule has 0 unspecified atom stereocenters. The van der Waals surface area contributed by atoms with Crippen LogP contribution >= 0.6 is 15.9 Å². The number of tetrazole rings is 1. The minimum Gasteiger partial charge on any atom is -0.362 e. The number of hydrogen-bond acceptors (Lipinski definition) is 4. The lowest BCUT2D eigenvalue weighted by molar-refractivity contribution is 0.787. The van der Waals surface area contributed by atoms with E-state index in [2.05, 4.69) is 36.8 Å². The maximum absolute atomic E-state index is 4.01. The largest absolute Gasteiger partial charge is 0.362 e. The monoisotopic (exact) mass is 341 g/mol. The van der Waals surface area contributed by atoms with E-state index < -0.39 is 0 Å². The maximum Gasteiger partial charge on any atom is 0.181 e. The molecule has 2 aromatic carbocycles. The van der Waals surface area contributed by atoms with Crippen molar-refractivity contribution in [3.8, 4) is 5.69 Å². The van der Waals surface area contributed by atoms with Crippen molar-refractivity contribution >= 4 is 27.7 Å². The lowest BCUT2D eigenvalue weighted by atomic mass is 10.3. The quantitative estimate of drug-likeness (QED) is 0.788. The van der Waals surface area contributed by atoms with E-state index in [4.69, 9.17) is 0 Å². The average Bonchev–Trinajstić information content (AvgIpc) is 2.99. The molecule has 0 amide bonds. The van der Waals surface area contributed by atoms with Crippen molar-refractivity contribution in [1.82, 2.24) is 20.2 Å². The summed E-state index contributed by atoms with van der Waals surface area (Å²) in [6.45, 7) is 0. The molecular weight excluding hydrogens is 330 g/mol. The number of halogens is 1. The zero-order chi connectivity index (χ0) is 14.5. The smallest absolute Gasteiger partial charge is 0.181 e. The highest BCUT2D eigenvalue weighted by atomic mass is 79.9. The Balaban J connectivity index is 1.75. The van der Waals surface area contributed by atoms with Gasteiger partial charge in [0.05, 0.1) is 5.69 Å². The van der Waals surface area contributed by atoms with E-state index in [-0.39, 0.29) is 0 Å². The molecule has 0 spiro atoms. The first-order valence-electron chi connectivity index (χ1n) is 6.35. The van der Waals surface area contributed by atoms with Crippen molar-refractivity contribution in [2.75, 3.05) is 5.32 Å². The number of nitrogens with one attached hydrogen (secondary N) is 1. The highest BCUT2D eigenvalue weighted by molar-refractivity contribution is 9.10. The van der Waals surface area contributed by atoms with Gasteiger partial charge < -0.3 is 5.32 Å². The summed E-state index contributed by atoms with van der Waals surface area (Å²) in [5.74, 6) is 0.658. The van der Waals surface area contributed by atoms with Crippen LogP contribution in [-0.2, 0) is 0 Å². The summed E-state index contributed by atoms with van der Waals surface area (Å²) in [6.07, 6.45) is 3.64. The van der Waals surface area contributed by atoms with Crippen LogP contribution in [0.5, 0.6) is 0 Å². The van der Waals surface area contributed by atoms with Crippen LogP contribution in [-0.4, -0.2) is 20.2 Å². The fourth-order valence-corrected chi connectivity index (χ4v) is 2.07. The van der Waals surface area contributed by atoms with Crippen LogP contribution in [0.2, 0.25) is 0 Å². The van der Waals surface area contributed by atoms with Crippen molar-refractivity contribution in [3.05, 3.63) is 71.1 Å². The summed E-state index contributed by atoms with van der Waals surface area (Å²) in [5, 5.41) is 14.9. The zero-order valence-electron chi connectivity index (χ0n) is 11.0. The molecule has 1 aromatic heterocycles. The van der Waals surface area contributed by atoms with Crippen LogP contribution in [0.3, 0.4) is 0 Å². The summed E-state index contributed by atoms with van der Waals surface area (Å²) in [6, 6.07) is 17.7. The van der Waals surface area contributed by atoms with E-state index in [0.717, 1.165) is 15.8 Å². The summed E-state index contributed by atoms with van der Waals surface area (Å²) < 4.78 is 2.73. The first-order valence-corrected chi connectivity index (χ1v) is 7.15. The minimum atomic E-state index is 0.658. The van der Waals surface area contributed by atoms with E-state index in [1.54, 1.807) is 4.68 Å². The van der Waals surface area contributed by atoms with Gasteiger partial charge in [0.15, 0.2) is 5.82 Å². The van der Waals surface area contributed by atoms with Gasteiger partial charge in [-0.15, -0.1) is 5.10 Å². The summed E-state index contributed by atoms with van der Waals surface area (Å²) in [7, 11) is 0. The highest BCUT2D eigenvalue weighted by Gasteiger charge is 2.03. The predicted molar refractivity (Wildman–Crippen MR) is 86.0 cm³/mol. The van der Waals surface area contributed by atoms with Crippen molar-refractivity contribution in [2.45, 2.75) is 0 Å². The van der Waals surface area contributed by atoms with Crippen LogP contribution in [0.15, 0.2) is 65.3 Å². The van der Waals surface area contributed by atoms with Gasteiger partial charge in [-0.25, -0.2) is 0 Å². The van der Waals surface area contributed by atoms with Gasteiger partial charge in [-0.3, -0.25) is 0 Å². The molecule has 1 heterocycles. The SMILES string of the molecule is Brc1ccc(N/C=C\c2nnnn2-c2ccccc2)cc1. The Bertz CT molecular complexity index is 734. The molecule has 0 aliphatic rings. The molecule has 0 radical (unpaired) electrons. The van der Waals surface area contributed by atoms with E-state index >= 15 is 0 Å². The van der Waals surface area contributed by atoms with Gasteiger partial charge in [-0.05, 0) is 46.8 Å². The molecule has 5 nitrogen and oxygen atoms in total. The second-order valence-electron chi connectivity index (χ2n) is 4.27. The Morgan fingerprint density at radius 1 is 1.00 bits per heavy atom. The fourth-order valence-electron chi connectivity index (χ4n) is 1.81. The Morgan fingerprint density at radius 2 is 1.76 bits per heavy atom. The van der Waals surface area contributed by atoms with E-state index in [9.17, 15) is 0 Å². The van der Waals surface area contributed by atoms with Gasteiger partial charge in [0, 0.05) is 22.4 Å². The number of rotatable bonds is 4. The van der Waals surface area contributed by atoms with Crippen molar-refractivity contribution in [2.24, 2.45) is 0 Å². The second kappa shape index (κ2) is 6.32. The van der Waals surface area contributed by atoms with E-state index in [1.165, 1.54) is 0 Å². The third-order valence-corrected chi connectivity index (χ3v) is 3.35. The molecular formula is C15H12BrN5. The number of para-hydroxylation sites is 1. The molecule has 21 heavy (non-hydrogen) atoms. The number of anilines is 1. The van der Waals surface area contributed by atoms with Gasteiger partial charge in [0.25, 0.3) is 0 Å². The highest BCUT2D eigenvalue weighted by Crippen LogP contribution is 2.14. The standard InChI is InChI=1S/C15H12BrN5/c16-12-6-8-13(9-7-12)17-11-10-15-18-19-20-21(15)14-4-2-1-3-5-14/h1-11,17H/b11-10-. The first-order chi connectivity index (χ1) is 10.3. The lowest BCUT2D eigenvalue weighted by Crippen LogP contribution is -1.99. The van der Waals surface area contributed by atoms with E-state index in [0.29, 0.717) is 5.82 Å². The number of nitrogens with zero attached hydrogens (tertiary/aromatic N) is 4. The minimum absolute atomic E-state index is 0.658. The fraction of sp³-hybridized carbons (Fsp3) is 0. The number of aromatic nitrogens is 4. The van der Waals surface area contributed by atoms with Crippen LogP contribution < -0.4 is 5.32 Å².